The molecule has 0 spiro atoms. The molecule has 0 heterocycles. The van der Waals surface area contributed by atoms with E-state index in [1.807, 2.05) is 62.4 Å². The number of para-hydroxylation sites is 1. The Hall–Kier alpha value is -4.04. The number of nitrogens with zero attached hydrogens (tertiary/aromatic N) is 1. The summed E-state index contributed by atoms with van der Waals surface area (Å²) in [5.74, 6) is 0.835. The number of hydrogen-bond donors (Lipinski definition) is 1. The van der Waals surface area contributed by atoms with Gasteiger partial charge in [-0.05, 0) is 55.8 Å². The maximum atomic E-state index is 12.6. The SMILES string of the molecule is CCOc1ccc(NC(=O)/C(C#N)=C\c2ccccc2OCc2cccc(C)c2)cc1. The fourth-order valence-electron chi connectivity index (χ4n) is 3.00. The van der Waals surface area contributed by atoms with Crippen molar-refractivity contribution in [2.24, 2.45) is 0 Å². The molecule has 0 saturated carbocycles. The summed E-state index contributed by atoms with van der Waals surface area (Å²) in [5, 5.41) is 12.3. The molecule has 0 fully saturated rings. The van der Waals surface area contributed by atoms with Gasteiger partial charge in [-0.15, -0.1) is 0 Å². The monoisotopic (exact) mass is 412 g/mol. The Morgan fingerprint density at radius 3 is 2.52 bits per heavy atom. The first kappa shape index (κ1) is 21.7. The van der Waals surface area contributed by atoms with Gasteiger partial charge in [-0.25, -0.2) is 0 Å². The highest BCUT2D eigenvalue weighted by Crippen LogP contribution is 2.23. The molecule has 0 unspecified atom stereocenters. The van der Waals surface area contributed by atoms with Crippen molar-refractivity contribution < 1.29 is 14.3 Å². The molecule has 0 aliphatic heterocycles. The lowest BCUT2D eigenvalue weighted by Gasteiger charge is -2.10. The van der Waals surface area contributed by atoms with Gasteiger partial charge in [0.1, 0.15) is 29.7 Å². The molecule has 5 nitrogen and oxygen atoms in total. The summed E-state index contributed by atoms with van der Waals surface area (Å²) in [4.78, 5) is 12.6. The predicted octanol–water partition coefficient (Wildman–Crippen LogP) is 5.52. The van der Waals surface area contributed by atoms with E-state index in [2.05, 4.69) is 11.4 Å². The number of amides is 1. The Kier molecular flexibility index (Phi) is 7.45. The highest BCUT2D eigenvalue weighted by molar-refractivity contribution is 6.09. The average molecular weight is 412 g/mol. The third-order valence-corrected chi connectivity index (χ3v) is 4.48. The first-order chi connectivity index (χ1) is 15.1. The Labute approximate surface area is 182 Å². The van der Waals surface area contributed by atoms with Crippen molar-refractivity contribution in [1.82, 2.24) is 0 Å². The summed E-state index contributed by atoms with van der Waals surface area (Å²) in [5.41, 5.74) is 3.44. The first-order valence-corrected chi connectivity index (χ1v) is 10.0. The lowest BCUT2D eigenvalue weighted by Crippen LogP contribution is -2.13. The summed E-state index contributed by atoms with van der Waals surface area (Å²) >= 11 is 0. The van der Waals surface area contributed by atoms with E-state index in [0.29, 0.717) is 30.2 Å². The molecule has 3 rings (SSSR count). The first-order valence-electron chi connectivity index (χ1n) is 10.0. The predicted molar refractivity (Wildman–Crippen MR) is 122 cm³/mol. The van der Waals surface area contributed by atoms with E-state index in [-0.39, 0.29) is 5.57 Å². The average Bonchev–Trinajstić information content (AvgIpc) is 2.78. The number of carbonyl (C=O) groups excluding carboxylic acids is 1. The van der Waals surface area contributed by atoms with Crippen LogP contribution in [0.4, 0.5) is 5.69 Å². The number of rotatable bonds is 8. The molecule has 5 heteroatoms. The number of hydrogen-bond acceptors (Lipinski definition) is 4. The van der Waals surface area contributed by atoms with Gasteiger partial charge in [0.15, 0.2) is 0 Å². The van der Waals surface area contributed by atoms with Crippen molar-refractivity contribution in [3.63, 3.8) is 0 Å². The van der Waals surface area contributed by atoms with Crippen molar-refractivity contribution in [3.05, 3.63) is 95.1 Å². The maximum absolute atomic E-state index is 12.6. The quantitative estimate of drug-likeness (QED) is 0.391. The molecule has 0 bridgehead atoms. The van der Waals surface area contributed by atoms with Crippen LogP contribution in [0.3, 0.4) is 0 Å². The summed E-state index contributed by atoms with van der Waals surface area (Å²) in [7, 11) is 0. The van der Waals surface area contributed by atoms with E-state index >= 15 is 0 Å². The molecule has 0 aliphatic carbocycles. The highest BCUT2D eigenvalue weighted by atomic mass is 16.5. The fraction of sp³-hybridized carbons (Fsp3) is 0.154. The topological polar surface area (TPSA) is 71.3 Å². The second-order valence-corrected chi connectivity index (χ2v) is 6.90. The zero-order valence-electron chi connectivity index (χ0n) is 17.6. The Bertz CT molecular complexity index is 1110. The van der Waals surface area contributed by atoms with Crippen molar-refractivity contribution in [3.8, 4) is 17.6 Å². The van der Waals surface area contributed by atoms with Crippen molar-refractivity contribution >= 4 is 17.7 Å². The van der Waals surface area contributed by atoms with Gasteiger partial charge in [0.2, 0.25) is 0 Å². The Morgan fingerprint density at radius 1 is 1.03 bits per heavy atom. The Balaban J connectivity index is 1.74. The molecule has 0 aromatic heterocycles. The smallest absolute Gasteiger partial charge is 0.266 e. The third-order valence-electron chi connectivity index (χ3n) is 4.48. The standard InChI is InChI=1S/C26H24N2O3/c1-3-30-24-13-11-23(12-14-24)28-26(29)22(17-27)16-21-9-4-5-10-25(21)31-18-20-8-6-7-19(2)15-20/h4-16H,3,18H2,1-2H3,(H,28,29)/b22-16-. The summed E-state index contributed by atoms with van der Waals surface area (Å²) in [6.45, 7) is 4.90. The van der Waals surface area contributed by atoms with Crippen LogP contribution in [0.5, 0.6) is 11.5 Å². The molecule has 0 saturated heterocycles. The fourth-order valence-corrected chi connectivity index (χ4v) is 3.00. The summed E-state index contributed by atoms with van der Waals surface area (Å²) in [6, 6.07) is 24.4. The second-order valence-electron chi connectivity index (χ2n) is 6.90. The Morgan fingerprint density at radius 2 is 1.81 bits per heavy atom. The van der Waals surface area contributed by atoms with Gasteiger partial charge >= 0.3 is 0 Å². The van der Waals surface area contributed by atoms with E-state index in [1.165, 1.54) is 6.08 Å². The number of carbonyl (C=O) groups is 1. The van der Waals surface area contributed by atoms with Gasteiger partial charge in [-0.3, -0.25) is 4.79 Å². The molecule has 3 aromatic carbocycles. The lowest BCUT2D eigenvalue weighted by atomic mass is 10.1. The summed E-state index contributed by atoms with van der Waals surface area (Å²) < 4.78 is 11.4. The molecule has 0 radical (unpaired) electrons. The van der Waals surface area contributed by atoms with Gasteiger partial charge < -0.3 is 14.8 Å². The maximum Gasteiger partial charge on any atom is 0.266 e. The number of nitriles is 1. The van der Waals surface area contributed by atoms with E-state index in [4.69, 9.17) is 9.47 Å². The van der Waals surface area contributed by atoms with E-state index in [9.17, 15) is 10.1 Å². The van der Waals surface area contributed by atoms with Crippen LogP contribution in [0.15, 0.2) is 78.4 Å². The molecule has 3 aromatic rings. The van der Waals surface area contributed by atoms with Gasteiger partial charge in [-0.1, -0.05) is 48.0 Å². The van der Waals surface area contributed by atoms with Crippen LogP contribution in [-0.4, -0.2) is 12.5 Å². The molecule has 1 amide bonds. The van der Waals surface area contributed by atoms with Crippen LogP contribution >= 0.6 is 0 Å². The van der Waals surface area contributed by atoms with Gasteiger partial charge in [0.05, 0.1) is 6.61 Å². The van der Waals surface area contributed by atoms with E-state index in [1.54, 1.807) is 24.3 Å². The van der Waals surface area contributed by atoms with Crippen LogP contribution in [0.1, 0.15) is 23.6 Å². The molecule has 0 atom stereocenters. The number of benzene rings is 3. The van der Waals surface area contributed by atoms with Crippen molar-refractivity contribution in [2.75, 3.05) is 11.9 Å². The highest BCUT2D eigenvalue weighted by Gasteiger charge is 2.12. The van der Waals surface area contributed by atoms with Crippen molar-refractivity contribution in [2.45, 2.75) is 20.5 Å². The van der Waals surface area contributed by atoms with Crippen LogP contribution in [0.25, 0.3) is 6.08 Å². The van der Waals surface area contributed by atoms with Crippen LogP contribution in [0.2, 0.25) is 0 Å². The number of nitrogens with one attached hydrogen (secondary N) is 1. The third kappa shape index (κ3) is 6.22. The van der Waals surface area contributed by atoms with Gasteiger partial charge in [-0.2, -0.15) is 5.26 Å². The minimum atomic E-state index is -0.486. The minimum Gasteiger partial charge on any atom is -0.494 e. The number of aryl methyl sites for hydroxylation is 1. The van der Waals surface area contributed by atoms with Crippen molar-refractivity contribution in [1.29, 1.82) is 5.26 Å². The zero-order valence-corrected chi connectivity index (χ0v) is 17.6. The number of anilines is 1. The van der Waals surface area contributed by atoms with Crippen LogP contribution in [0, 0.1) is 18.3 Å². The van der Waals surface area contributed by atoms with Crippen LogP contribution < -0.4 is 14.8 Å². The number of ether oxygens (including phenoxy) is 2. The van der Waals surface area contributed by atoms with E-state index in [0.717, 1.165) is 16.9 Å². The van der Waals surface area contributed by atoms with E-state index < -0.39 is 5.91 Å². The molecule has 156 valence electrons. The lowest BCUT2D eigenvalue weighted by molar-refractivity contribution is -0.112. The molecule has 0 aliphatic rings. The molecule has 31 heavy (non-hydrogen) atoms. The molecular weight excluding hydrogens is 388 g/mol. The summed E-state index contributed by atoms with van der Waals surface area (Å²) in [6.07, 6.45) is 1.54. The zero-order chi connectivity index (χ0) is 22.1. The normalized spacial score (nSPS) is 10.8. The second kappa shape index (κ2) is 10.7. The van der Waals surface area contributed by atoms with Gasteiger partial charge in [0.25, 0.3) is 5.91 Å². The molecular formula is C26H24N2O3. The van der Waals surface area contributed by atoms with Gasteiger partial charge in [0, 0.05) is 11.3 Å². The largest absolute Gasteiger partial charge is 0.494 e. The minimum absolute atomic E-state index is 0.0134. The van der Waals surface area contributed by atoms with Crippen LogP contribution in [-0.2, 0) is 11.4 Å². The molecule has 1 N–H and O–H groups in total.